The van der Waals surface area contributed by atoms with Gasteiger partial charge >= 0.3 is 7.82 Å². The summed E-state index contributed by atoms with van der Waals surface area (Å²) in [5.74, 6) is 0. The summed E-state index contributed by atoms with van der Waals surface area (Å²) in [6, 6.07) is -1.16. The van der Waals surface area contributed by atoms with Crippen LogP contribution in [-0.2, 0) is 27.8 Å². The van der Waals surface area contributed by atoms with Crippen LogP contribution in [0.15, 0.2) is 0 Å². The van der Waals surface area contributed by atoms with Crippen LogP contribution < -0.4 is 0 Å². The maximum atomic E-state index is 12.0. The fourth-order valence-corrected chi connectivity index (χ4v) is 3.63. The van der Waals surface area contributed by atoms with E-state index in [9.17, 15) is 9.46 Å². The van der Waals surface area contributed by atoms with Gasteiger partial charge in [-0.3, -0.25) is 9.05 Å². The Morgan fingerprint density at radius 2 is 1.78 bits per heavy atom. The van der Waals surface area contributed by atoms with Crippen molar-refractivity contribution in [1.29, 1.82) is 0 Å². The molecule has 0 aliphatic carbocycles. The fourth-order valence-electron chi connectivity index (χ4n) is 2.67. The molecule has 23 heavy (non-hydrogen) atoms. The van der Waals surface area contributed by atoms with Gasteiger partial charge in [0.25, 0.3) is 0 Å². The van der Waals surface area contributed by atoms with Crippen LogP contribution in [0.25, 0.3) is 0 Å². The largest absolute Gasteiger partial charge is 0.472 e. The molecule has 0 bridgehead atoms. The van der Waals surface area contributed by atoms with E-state index >= 15 is 0 Å². The number of hydrogen-bond acceptors (Lipinski definition) is 7. The molecule has 0 amide bonds. The average molecular weight is 346 g/mol. The van der Waals surface area contributed by atoms with E-state index < -0.39 is 38.1 Å². The number of aliphatic hydroxyl groups is 1. The molecule has 2 heterocycles. The first kappa shape index (κ1) is 19.4. The van der Waals surface area contributed by atoms with Gasteiger partial charge in [0.05, 0.1) is 25.4 Å². The van der Waals surface area contributed by atoms with E-state index in [0.29, 0.717) is 13.0 Å². The third kappa shape index (κ3) is 5.54. The molecule has 128 valence electrons. The van der Waals surface area contributed by atoms with Crippen molar-refractivity contribution in [2.24, 2.45) is 0 Å². The van der Waals surface area contributed by atoms with Gasteiger partial charge in [0.15, 0.2) is 0 Å². The second-order valence-corrected chi connectivity index (χ2v) is 6.89. The van der Waals surface area contributed by atoms with E-state index in [0.717, 1.165) is 0 Å². The van der Waals surface area contributed by atoms with Gasteiger partial charge in [-0.05, 0) is 19.8 Å². The molecule has 0 aromatic heterocycles. The molecular weight excluding hydrogens is 325 g/mol. The lowest BCUT2D eigenvalue weighted by molar-refractivity contribution is -0.0416. The maximum absolute atomic E-state index is 12.0. The van der Waals surface area contributed by atoms with Gasteiger partial charge in [-0.1, -0.05) is 0 Å². The van der Waals surface area contributed by atoms with Crippen molar-refractivity contribution in [3.8, 4) is 0 Å². The zero-order valence-corrected chi connectivity index (χ0v) is 13.8. The van der Waals surface area contributed by atoms with Crippen molar-refractivity contribution >= 4 is 23.5 Å². The van der Waals surface area contributed by atoms with Crippen molar-refractivity contribution in [2.75, 3.05) is 19.8 Å². The normalized spacial score (nSPS) is 40.3. The molecule has 2 saturated heterocycles. The Morgan fingerprint density at radius 1 is 1.17 bits per heavy atom. The zero-order valence-electron chi connectivity index (χ0n) is 12.9. The van der Waals surface area contributed by atoms with Gasteiger partial charge in [-0.2, -0.15) is 0 Å². The molecule has 7 atom stereocenters. The van der Waals surface area contributed by atoms with Crippen LogP contribution in [0.1, 0.15) is 19.8 Å². The minimum absolute atomic E-state index is 0.186. The summed E-state index contributed by atoms with van der Waals surface area (Å²) in [7, 11) is 6.90. The molecule has 4 radical (unpaired) electrons. The zero-order chi connectivity index (χ0) is 17.0. The Balaban J connectivity index is 1.85. The van der Waals surface area contributed by atoms with Gasteiger partial charge in [0, 0.05) is 18.6 Å². The Kier molecular flexibility index (Phi) is 7.13. The molecule has 0 saturated carbocycles. The molecule has 3 unspecified atom stereocenters. The number of phosphoric acid groups is 1. The van der Waals surface area contributed by atoms with E-state index in [1.165, 1.54) is 0 Å². The highest BCUT2D eigenvalue weighted by atomic mass is 31.2. The molecule has 0 spiro atoms. The molecule has 2 fully saturated rings. The van der Waals surface area contributed by atoms with E-state index in [2.05, 4.69) is 0 Å². The lowest BCUT2D eigenvalue weighted by Gasteiger charge is -2.23. The Hall–Kier alpha value is 0.0799. The summed E-state index contributed by atoms with van der Waals surface area (Å²) in [6.45, 7) is 1.74. The molecule has 0 aromatic carbocycles. The van der Waals surface area contributed by atoms with Crippen molar-refractivity contribution in [2.45, 2.75) is 56.2 Å². The van der Waals surface area contributed by atoms with Crippen LogP contribution >= 0.6 is 7.82 Å². The van der Waals surface area contributed by atoms with E-state index in [-0.39, 0.29) is 25.7 Å². The number of aliphatic hydroxyl groups excluding tert-OH is 1. The van der Waals surface area contributed by atoms with Gasteiger partial charge in [-0.25, -0.2) is 4.57 Å². The SMILES string of the molecule is [B][C@H]1CC(OCC)[C@@H](COP(=O)(O)OC2C[C@H]([B])O[C@@H]2CO)O1. The van der Waals surface area contributed by atoms with Crippen LogP contribution in [0.3, 0.4) is 0 Å². The van der Waals surface area contributed by atoms with Gasteiger partial charge < -0.3 is 24.2 Å². The van der Waals surface area contributed by atoms with E-state index in [1.807, 2.05) is 6.92 Å². The highest BCUT2D eigenvalue weighted by Crippen LogP contribution is 2.47. The maximum Gasteiger partial charge on any atom is 0.472 e. The van der Waals surface area contributed by atoms with Crippen LogP contribution in [0.5, 0.6) is 0 Å². The molecule has 2 N–H and O–H groups in total. The summed E-state index contributed by atoms with van der Waals surface area (Å²) in [5.41, 5.74) is 0. The van der Waals surface area contributed by atoms with Crippen molar-refractivity contribution in [3.63, 3.8) is 0 Å². The van der Waals surface area contributed by atoms with E-state index in [1.54, 1.807) is 0 Å². The lowest BCUT2D eigenvalue weighted by atomic mass is 9.96. The van der Waals surface area contributed by atoms with Crippen molar-refractivity contribution in [3.05, 3.63) is 0 Å². The summed E-state index contributed by atoms with van der Waals surface area (Å²) in [5, 5.41) is 9.15. The van der Waals surface area contributed by atoms with Crippen LogP contribution in [0.2, 0.25) is 0 Å². The monoisotopic (exact) mass is 346 g/mol. The Labute approximate surface area is 138 Å². The minimum atomic E-state index is -4.36. The summed E-state index contributed by atoms with van der Waals surface area (Å²) in [6.07, 6.45) is -1.77. The third-order valence-electron chi connectivity index (χ3n) is 3.69. The Bertz CT molecular complexity index is 428. The molecule has 11 heteroatoms. The predicted molar refractivity (Wildman–Crippen MR) is 81.2 cm³/mol. The number of rotatable bonds is 8. The number of phosphoric ester groups is 1. The molecule has 2 aliphatic heterocycles. The quantitative estimate of drug-likeness (QED) is 0.446. The molecular formula is C12H21B2O8P. The van der Waals surface area contributed by atoms with Gasteiger partial charge in [0.1, 0.15) is 27.9 Å². The van der Waals surface area contributed by atoms with Gasteiger partial charge in [0.2, 0.25) is 0 Å². The van der Waals surface area contributed by atoms with Crippen LogP contribution in [0, 0.1) is 0 Å². The first-order chi connectivity index (χ1) is 10.8. The first-order valence-electron chi connectivity index (χ1n) is 7.55. The standard InChI is InChI=1S/C12H21B2O8P/c1-2-18-7-3-11(13)21-10(7)6-19-23(16,17)22-8-4-12(14)20-9(8)5-15/h7-12,15H,2-6H2,1H3,(H,16,17)/t7?,8?,9-,10-,11-,12-/m1/s1. The Morgan fingerprint density at radius 3 is 2.39 bits per heavy atom. The van der Waals surface area contributed by atoms with Crippen LogP contribution in [-0.4, -0.2) is 81.9 Å². The average Bonchev–Trinajstić information content (AvgIpc) is 2.99. The molecule has 2 rings (SSSR count). The molecule has 2 aliphatic rings. The summed E-state index contributed by atoms with van der Waals surface area (Å²) in [4.78, 5) is 9.82. The van der Waals surface area contributed by atoms with Gasteiger partial charge in [-0.15, -0.1) is 0 Å². The second kappa shape index (κ2) is 8.45. The third-order valence-corrected chi connectivity index (χ3v) is 4.70. The highest BCUT2D eigenvalue weighted by Gasteiger charge is 2.40. The number of ether oxygens (including phenoxy) is 3. The molecule has 8 nitrogen and oxygen atoms in total. The van der Waals surface area contributed by atoms with E-state index in [4.69, 9.17) is 44.1 Å². The lowest BCUT2D eigenvalue weighted by Crippen LogP contribution is -2.30. The highest BCUT2D eigenvalue weighted by molar-refractivity contribution is 7.47. The second-order valence-electron chi connectivity index (χ2n) is 5.48. The van der Waals surface area contributed by atoms with Crippen molar-refractivity contribution < 1.29 is 37.8 Å². The smallest absolute Gasteiger partial charge is 0.394 e. The van der Waals surface area contributed by atoms with Crippen molar-refractivity contribution in [1.82, 2.24) is 0 Å². The molecule has 0 aromatic rings. The minimum Gasteiger partial charge on any atom is -0.394 e. The van der Waals surface area contributed by atoms with Crippen LogP contribution in [0.4, 0.5) is 0 Å². The summed E-state index contributed by atoms with van der Waals surface area (Å²) < 4.78 is 38.1. The number of hydrogen-bond donors (Lipinski definition) is 2. The fraction of sp³-hybridized carbons (Fsp3) is 1.00. The summed E-state index contributed by atoms with van der Waals surface area (Å²) >= 11 is 0. The predicted octanol–water partition coefficient (Wildman–Crippen LogP) is -0.547. The topological polar surface area (TPSA) is 104 Å². The first-order valence-corrected chi connectivity index (χ1v) is 9.04.